The summed E-state index contributed by atoms with van der Waals surface area (Å²) in [4.78, 5) is 12.0. The average Bonchev–Trinajstić information content (AvgIpc) is 3.07. The van der Waals surface area contributed by atoms with Gasteiger partial charge in [-0.3, -0.25) is 10.1 Å². The molecular formula is C18H15ClFN3O2S2. The van der Waals surface area contributed by atoms with E-state index in [1.165, 1.54) is 29.2 Å². The van der Waals surface area contributed by atoms with Crippen molar-refractivity contribution in [3.05, 3.63) is 64.4 Å². The molecule has 1 amide bonds. The third kappa shape index (κ3) is 5.66. The van der Waals surface area contributed by atoms with E-state index < -0.39 is 0 Å². The molecule has 0 spiro atoms. The number of carbonyl (C=O) groups excluding carboxylic acids is 1. The quantitative estimate of drug-likeness (QED) is 0.430. The molecule has 0 saturated carbocycles. The van der Waals surface area contributed by atoms with Crippen LogP contribution in [-0.4, -0.2) is 22.7 Å². The summed E-state index contributed by atoms with van der Waals surface area (Å²) in [5.41, 5.74) is 1.44. The normalized spacial score (nSPS) is 10.6. The van der Waals surface area contributed by atoms with Crippen molar-refractivity contribution in [3.63, 3.8) is 0 Å². The maximum Gasteiger partial charge on any atom is 0.264 e. The van der Waals surface area contributed by atoms with Crippen LogP contribution in [0.3, 0.4) is 0 Å². The minimum absolute atomic E-state index is 0.153. The van der Waals surface area contributed by atoms with Crippen LogP contribution >= 0.6 is 34.7 Å². The van der Waals surface area contributed by atoms with Gasteiger partial charge in [0.15, 0.2) is 10.9 Å². The van der Waals surface area contributed by atoms with Crippen molar-refractivity contribution in [3.8, 4) is 5.75 Å². The molecule has 0 unspecified atom stereocenters. The number of anilines is 1. The average molecular weight is 424 g/mol. The number of rotatable bonds is 7. The van der Waals surface area contributed by atoms with Crippen LogP contribution in [0, 0.1) is 12.7 Å². The van der Waals surface area contributed by atoms with E-state index in [2.05, 4.69) is 15.5 Å². The Kier molecular flexibility index (Phi) is 6.65. The second-order valence-electron chi connectivity index (χ2n) is 5.50. The molecule has 0 atom stereocenters. The van der Waals surface area contributed by atoms with Gasteiger partial charge in [0.2, 0.25) is 5.13 Å². The Morgan fingerprint density at radius 3 is 2.89 bits per heavy atom. The first-order chi connectivity index (χ1) is 13.0. The fourth-order valence-electron chi connectivity index (χ4n) is 2.15. The highest BCUT2D eigenvalue weighted by molar-refractivity contribution is 8.00. The number of aryl methyl sites for hydroxylation is 1. The van der Waals surface area contributed by atoms with Gasteiger partial charge in [0, 0.05) is 10.8 Å². The number of carbonyl (C=O) groups is 1. The number of amides is 1. The lowest BCUT2D eigenvalue weighted by Gasteiger charge is -2.08. The lowest BCUT2D eigenvalue weighted by atomic mass is 10.2. The third-order valence-electron chi connectivity index (χ3n) is 3.46. The first-order valence-electron chi connectivity index (χ1n) is 7.90. The van der Waals surface area contributed by atoms with Crippen LogP contribution in [0.15, 0.2) is 46.8 Å². The molecule has 3 aromatic rings. The predicted octanol–water partition coefficient (Wildman–Crippen LogP) is 4.95. The van der Waals surface area contributed by atoms with E-state index >= 15 is 0 Å². The molecule has 3 rings (SSSR count). The van der Waals surface area contributed by atoms with Gasteiger partial charge in [0.1, 0.15) is 11.6 Å². The first-order valence-corrected chi connectivity index (χ1v) is 10.1. The Balaban J connectivity index is 1.49. The number of hydrogen-bond acceptors (Lipinski definition) is 6. The largest absolute Gasteiger partial charge is 0.483 e. The van der Waals surface area contributed by atoms with Gasteiger partial charge in [-0.1, -0.05) is 52.9 Å². The molecule has 0 aliphatic rings. The Labute approximate surface area is 168 Å². The number of aromatic nitrogens is 2. The highest BCUT2D eigenvalue weighted by atomic mass is 35.5. The van der Waals surface area contributed by atoms with Gasteiger partial charge in [-0.15, -0.1) is 10.2 Å². The number of nitrogens with zero attached hydrogens (tertiary/aromatic N) is 2. The van der Waals surface area contributed by atoms with E-state index in [4.69, 9.17) is 16.3 Å². The van der Waals surface area contributed by atoms with E-state index in [-0.39, 0.29) is 18.3 Å². The molecule has 0 saturated heterocycles. The zero-order valence-corrected chi connectivity index (χ0v) is 16.6. The lowest BCUT2D eigenvalue weighted by Crippen LogP contribution is -2.20. The van der Waals surface area contributed by atoms with Crippen LogP contribution in [0.4, 0.5) is 9.52 Å². The van der Waals surface area contributed by atoms with Crippen molar-refractivity contribution in [1.29, 1.82) is 0 Å². The number of ether oxygens (including phenoxy) is 1. The predicted molar refractivity (Wildman–Crippen MR) is 106 cm³/mol. The molecule has 0 bridgehead atoms. The molecule has 5 nitrogen and oxygen atoms in total. The monoisotopic (exact) mass is 423 g/mol. The Morgan fingerprint density at radius 1 is 1.30 bits per heavy atom. The van der Waals surface area contributed by atoms with E-state index in [0.717, 1.165) is 5.56 Å². The summed E-state index contributed by atoms with van der Waals surface area (Å²) in [5, 5.41) is 11.5. The number of nitrogens with one attached hydrogen (secondary N) is 1. The molecule has 0 aliphatic heterocycles. The summed E-state index contributed by atoms with van der Waals surface area (Å²) in [6.07, 6.45) is 0. The zero-order chi connectivity index (χ0) is 19.2. The van der Waals surface area contributed by atoms with Crippen LogP contribution in [0.25, 0.3) is 0 Å². The van der Waals surface area contributed by atoms with Crippen LogP contribution in [0.2, 0.25) is 5.02 Å². The van der Waals surface area contributed by atoms with Gasteiger partial charge in [-0.2, -0.15) is 0 Å². The van der Waals surface area contributed by atoms with Crippen LogP contribution in [0.1, 0.15) is 11.1 Å². The van der Waals surface area contributed by atoms with Crippen LogP contribution in [0.5, 0.6) is 5.75 Å². The third-order valence-corrected chi connectivity index (χ3v) is 5.71. The molecule has 140 valence electrons. The van der Waals surface area contributed by atoms with E-state index in [1.807, 2.05) is 6.92 Å². The van der Waals surface area contributed by atoms with Crippen molar-refractivity contribution in [2.45, 2.75) is 17.0 Å². The standard InChI is InChI=1S/C18H15ClFN3O2S2/c1-11-8-13(19)6-7-15(11)25-9-16(24)21-17-22-23-18(27-17)26-10-12-4-2-3-5-14(12)20/h2-8H,9-10H2,1H3,(H,21,22,24). The number of hydrogen-bond donors (Lipinski definition) is 1. The molecule has 1 N–H and O–H groups in total. The summed E-state index contributed by atoms with van der Waals surface area (Å²) in [5.74, 6) is 0.436. The van der Waals surface area contributed by atoms with E-state index in [1.54, 1.807) is 36.4 Å². The number of thioether (sulfide) groups is 1. The molecule has 1 aromatic heterocycles. The fourth-order valence-corrected chi connectivity index (χ4v) is 4.13. The molecule has 0 aliphatic carbocycles. The van der Waals surface area contributed by atoms with E-state index in [9.17, 15) is 9.18 Å². The SMILES string of the molecule is Cc1cc(Cl)ccc1OCC(=O)Nc1nnc(SCc2ccccc2F)s1. The van der Waals surface area contributed by atoms with Gasteiger partial charge in [-0.25, -0.2) is 4.39 Å². The lowest BCUT2D eigenvalue weighted by molar-refractivity contribution is -0.118. The van der Waals surface area contributed by atoms with Crippen molar-refractivity contribution in [2.75, 3.05) is 11.9 Å². The maximum absolute atomic E-state index is 13.6. The van der Waals surface area contributed by atoms with Crippen molar-refractivity contribution in [1.82, 2.24) is 10.2 Å². The topological polar surface area (TPSA) is 64.1 Å². The maximum atomic E-state index is 13.6. The molecule has 1 heterocycles. The van der Waals surface area contributed by atoms with Crippen molar-refractivity contribution >= 4 is 45.7 Å². The van der Waals surface area contributed by atoms with Crippen LogP contribution in [-0.2, 0) is 10.5 Å². The molecule has 27 heavy (non-hydrogen) atoms. The van der Waals surface area contributed by atoms with Gasteiger partial charge in [0.05, 0.1) is 0 Å². The van der Waals surface area contributed by atoms with Gasteiger partial charge >= 0.3 is 0 Å². The summed E-state index contributed by atoms with van der Waals surface area (Å²) >= 11 is 8.48. The first kappa shape index (κ1) is 19.6. The van der Waals surface area contributed by atoms with Crippen molar-refractivity contribution < 1.29 is 13.9 Å². The minimum atomic E-state index is -0.342. The highest BCUT2D eigenvalue weighted by Gasteiger charge is 2.11. The molecule has 2 aromatic carbocycles. The second kappa shape index (κ2) is 9.16. The number of halogens is 2. The van der Waals surface area contributed by atoms with Gasteiger partial charge < -0.3 is 4.74 Å². The second-order valence-corrected chi connectivity index (χ2v) is 8.14. The molecule has 0 fully saturated rings. The fraction of sp³-hybridized carbons (Fsp3) is 0.167. The summed E-state index contributed by atoms with van der Waals surface area (Å²) < 4.78 is 19.8. The summed E-state index contributed by atoms with van der Waals surface area (Å²) in [7, 11) is 0. The smallest absolute Gasteiger partial charge is 0.264 e. The van der Waals surface area contributed by atoms with Crippen LogP contribution < -0.4 is 10.1 Å². The Hall–Kier alpha value is -2.16. The Bertz CT molecular complexity index is 952. The van der Waals surface area contributed by atoms with Gasteiger partial charge in [-0.05, 0) is 42.3 Å². The number of benzene rings is 2. The Morgan fingerprint density at radius 2 is 2.11 bits per heavy atom. The van der Waals surface area contributed by atoms with Gasteiger partial charge in [0.25, 0.3) is 5.91 Å². The minimum Gasteiger partial charge on any atom is -0.483 e. The highest BCUT2D eigenvalue weighted by Crippen LogP contribution is 2.29. The van der Waals surface area contributed by atoms with Crippen molar-refractivity contribution in [2.24, 2.45) is 0 Å². The zero-order valence-electron chi connectivity index (χ0n) is 14.2. The van der Waals surface area contributed by atoms with E-state index in [0.29, 0.717) is 31.6 Å². The molecule has 9 heteroatoms. The summed E-state index contributed by atoms with van der Waals surface area (Å²) in [6, 6.07) is 11.8. The summed E-state index contributed by atoms with van der Waals surface area (Å²) in [6.45, 7) is 1.70. The molecule has 0 radical (unpaired) electrons. The molecular weight excluding hydrogens is 409 g/mol.